The molecule has 0 heterocycles. The molecule has 0 atom stereocenters. The average molecular weight is 221 g/mol. The largest absolute Gasteiger partial charge is 0.507 e. The van der Waals surface area contributed by atoms with E-state index in [1.54, 1.807) is 32.1 Å². The van der Waals surface area contributed by atoms with Crippen molar-refractivity contribution >= 4 is 5.91 Å². The molecule has 0 bridgehead atoms. The first kappa shape index (κ1) is 14.2. The molecule has 0 saturated carbocycles. The number of hydrogen-bond donors (Lipinski definition) is 2. The van der Waals surface area contributed by atoms with Crippen LogP contribution in [0.2, 0.25) is 0 Å². The summed E-state index contributed by atoms with van der Waals surface area (Å²) in [5, 5.41) is 12.2. The van der Waals surface area contributed by atoms with E-state index in [4.69, 9.17) is 0 Å². The first-order chi connectivity index (χ1) is 7.60. The molecule has 0 fully saturated rings. The summed E-state index contributed by atoms with van der Waals surface area (Å²) in [6.45, 7) is 7.09. The Morgan fingerprint density at radius 3 is 2.06 bits per heavy atom. The van der Waals surface area contributed by atoms with Gasteiger partial charge in [-0.1, -0.05) is 18.2 Å². The molecular weight excluding hydrogens is 202 g/mol. The highest BCUT2D eigenvalue weighted by Crippen LogP contribution is 2.07. The molecule has 0 aliphatic carbocycles. The van der Waals surface area contributed by atoms with Crippen LogP contribution in [0.3, 0.4) is 0 Å². The molecule has 0 aromatic carbocycles. The van der Waals surface area contributed by atoms with Crippen LogP contribution in [0.25, 0.3) is 0 Å². The highest BCUT2D eigenvalue weighted by atomic mass is 16.3. The maximum atomic E-state index is 11.8. The van der Waals surface area contributed by atoms with Crippen molar-refractivity contribution in [2.45, 2.75) is 27.7 Å². The van der Waals surface area contributed by atoms with Gasteiger partial charge in [0.05, 0.1) is 5.57 Å². The number of hydrogen-bond acceptors (Lipinski definition) is 2. The summed E-state index contributed by atoms with van der Waals surface area (Å²) in [6.07, 6.45) is 8.48. The topological polar surface area (TPSA) is 49.3 Å². The molecule has 0 aromatic rings. The lowest BCUT2D eigenvalue weighted by atomic mass is 10.2. The SMILES string of the molecule is C/C=C\C(=C/C)NC(=O)C(=C/C)/C(O)=C\C. The van der Waals surface area contributed by atoms with Gasteiger partial charge in [-0.3, -0.25) is 4.79 Å². The van der Waals surface area contributed by atoms with Crippen molar-refractivity contribution in [1.29, 1.82) is 0 Å². The smallest absolute Gasteiger partial charge is 0.259 e. The fourth-order valence-corrected chi connectivity index (χ4v) is 1.14. The highest BCUT2D eigenvalue weighted by molar-refractivity contribution is 5.98. The second-order valence-corrected chi connectivity index (χ2v) is 3.07. The highest BCUT2D eigenvalue weighted by Gasteiger charge is 2.12. The van der Waals surface area contributed by atoms with Crippen LogP contribution in [0.1, 0.15) is 27.7 Å². The quantitative estimate of drug-likeness (QED) is 0.435. The van der Waals surface area contributed by atoms with E-state index in [1.165, 1.54) is 6.08 Å². The Kier molecular flexibility index (Phi) is 6.68. The molecule has 3 heteroatoms. The third-order valence-corrected chi connectivity index (χ3v) is 2.00. The minimum Gasteiger partial charge on any atom is -0.507 e. The number of allylic oxidation sites excluding steroid dienone is 5. The van der Waals surface area contributed by atoms with Crippen molar-refractivity contribution < 1.29 is 9.90 Å². The molecule has 1 amide bonds. The van der Waals surface area contributed by atoms with E-state index in [0.29, 0.717) is 5.70 Å². The fraction of sp³-hybridized carbons (Fsp3) is 0.308. The van der Waals surface area contributed by atoms with E-state index in [-0.39, 0.29) is 17.2 Å². The predicted octanol–water partition coefficient (Wildman–Crippen LogP) is 2.99. The van der Waals surface area contributed by atoms with E-state index in [0.717, 1.165) is 0 Å². The molecular formula is C13H19NO2. The van der Waals surface area contributed by atoms with Gasteiger partial charge in [0.1, 0.15) is 5.76 Å². The summed E-state index contributed by atoms with van der Waals surface area (Å²) in [4.78, 5) is 11.8. The lowest BCUT2D eigenvalue weighted by Gasteiger charge is -2.08. The Morgan fingerprint density at radius 2 is 1.69 bits per heavy atom. The van der Waals surface area contributed by atoms with Gasteiger partial charge in [0.2, 0.25) is 0 Å². The first-order valence-corrected chi connectivity index (χ1v) is 5.23. The van der Waals surface area contributed by atoms with Crippen molar-refractivity contribution in [3.8, 4) is 0 Å². The van der Waals surface area contributed by atoms with E-state index in [9.17, 15) is 9.90 Å². The summed E-state index contributed by atoms with van der Waals surface area (Å²) in [5.74, 6) is -0.333. The number of carbonyl (C=O) groups excluding carboxylic acids is 1. The van der Waals surface area contributed by atoms with Crippen LogP contribution in [-0.2, 0) is 4.79 Å². The van der Waals surface area contributed by atoms with Crippen molar-refractivity contribution in [2.24, 2.45) is 0 Å². The van der Waals surface area contributed by atoms with E-state index < -0.39 is 0 Å². The van der Waals surface area contributed by atoms with Crippen LogP contribution in [0.5, 0.6) is 0 Å². The number of nitrogens with one attached hydrogen (secondary N) is 1. The zero-order valence-corrected chi connectivity index (χ0v) is 10.2. The molecule has 0 radical (unpaired) electrons. The van der Waals surface area contributed by atoms with Gasteiger partial charge >= 0.3 is 0 Å². The summed E-state index contributed by atoms with van der Waals surface area (Å²) >= 11 is 0. The third kappa shape index (κ3) is 4.17. The summed E-state index contributed by atoms with van der Waals surface area (Å²) in [5.41, 5.74) is 0.974. The second kappa shape index (κ2) is 7.51. The normalized spacial score (nSPS) is 14.4. The van der Waals surface area contributed by atoms with E-state index in [1.807, 2.05) is 19.9 Å². The van der Waals surface area contributed by atoms with Crippen molar-refractivity contribution in [3.05, 3.63) is 47.4 Å². The lowest BCUT2D eigenvalue weighted by molar-refractivity contribution is -0.116. The minimum absolute atomic E-state index is 0.0177. The maximum Gasteiger partial charge on any atom is 0.259 e. The molecule has 0 aromatic heterocycles. The number of carbonyl (C=O) groups is 1. The van der Waals surface area contributed by atoms with Crippen LogP contribution in [0.4, 0.5) is 0 Å². The molecule has 0 rings (SSSR count). The molecule has 0 spiro atoms. The Labute approximate surface area is 96.9 Å². The molecule has 0 aliphatic heterocycles. The Morgan fingerprint density at radius 1 is 1.06 bits per heavy atom. The molecule has 3 nitrogen and oxygen atoms in total. The van der Waals surface area contributed by atoms with Gasteiger partial charge in [0.25, 0.3) is 5.91 Å². The third-order valence-electron chi connectivity index (χ3n) is 2.00. The van der Waals surface area contributed by atoms with Gasteiger partial charge in [-0.05, 0) is 39.8 Å². The fourth-order valence-electron chi connectivity index (χ4n) is 1.14. The summed E-state index contributed by atoms with van der Waals surface area (Å²) in [7, 11) is 0. The van der Waals surface area contributed by atoms with Crippen molar-refractivity contribution in [3.63, 3.8) is 0 Å². The second-order valence-electron chi connectivity index (χ2n) is 3.07. The van der Waals surface area contributed by atoms with Gasteiger partial charge < -0.3 is 10.4 Å². The van der Waals surface area contributed by atoms with Gasteiger partial charge in [-0.2, -0.15) is 0 Å². The molecule has 0 aliphatic rings. The minimum atomic E-state index is -0.315. The van der Waals surface area contributed by atoms with Gasteiger partial charge in [0, 0.05) is 5.70 Å². The Bertz CT molecular complexity index is 360. The molecule has 88 valence electrons. The molecule has 0 saturated heterocycles. The first-order valence-electron chi connectivity index (χ1n) is 5.23. The van der Waals surface area contributed by atoms with Crippen LogP contribution in [0.15, 0.2) is 47.4 Å². The average Bonchev–Trinajstić information content (AvgIpc) is 2.29. The zero-order chi connectivity index (χ0) is 12.6. The van der Waals surface area contributed by atoms with Gasteiger partial charge in [0.15, 0.2) is 0 Å². The van der Waals surface area contributed by atoms with E-state index >= 15 is 0 Å². The lowest BCUT2D eigenvalue weighted by Crippen LogP contribution is -2.24. The molecule has 0 unspecified atom stereocenters. The van der Waals surface area contributed by atoms with Crippen molar-refractivity contribution in [2.75, 3.05) is 0 Å². The zero-order valence-electron chi connectivity index (χ0n) is 10.2. The number of amides is 1. The molecule has 2 N–H and O–H groups in total. The van der Waals surface area contributed by atoms with Gasteiger partial charge in [-0.25, -0.2) is 0 Å². The van der Waals surface area contributed by atoms with Crippen molar-refractivity contribution in [1.82, 2.24) is 5.32 Å². The van der Waals surface area contributed by atoms with Crippen LogP contribution < -0.4 is 5.32 Å². The standard InChI is InChI=1S/C13H19NO2/c1-5-9-10(6-2)14-13(16)11(7-3)12(15)8-4/h5-9,15H,1-4H3,(H,14,16)/b9-5-,10-6+,11-7+,12-8+. The number of aliphatic hydroxyl groups excluding tert-OH is 1. The van der Waals surface area contributed by atoms with Gasteiger partial charge in [-0.15, -0.1) is 0 Å². The van der Waals surface area contributed by atoms with Crippen LogP contribution in [-0.4, -0.2) is 11.0 Å². The Balaban J connectivity index is 4.82. The monoisotopic (exact) mass is 221 g/mol. The van der Waals surface area contributed by atoms with Crippen LogP contribution >= 0.6 is 0 Å². The number of rotatable bonds is 4. The summed E-state index contributed by atoms with van der Waals surface area (Å²) in [6, 6.07) is 0. The predicted molar refractivity (Wildman–Crippen MR) is 66.9 cm³/mol. The molecule has 16 heavy (non-hydrogen) atoms. The number of aliphatic hydroxyl groups is 1. The van der Waals surface area contributed by atoms with E-state index in [2.05, 4.69) is 5.32 Å². The Hall–Kier alpha value is -1.77. The summed E-state index contributed by atoms with van der Waals surface area (Å²) < 4.78 is 0. The van der Waals surface area contributed by atoms with Crippen LogP contribution in [0, 0.1) is 0 Å². The maximum absolute atomic E-state index is 11.8.